The van der Waals surface area contributed by atoms with Gasteiger partial charge in [0.1, 0.15) is 17.6 Å². The SMILES string of the molecule is N#Cc1ccc(-c2cc(CN3[C@@H]4CC[C@H]3[C@@H](N)C4)ccc2OC[C@@H]2CCCOC2)cc1F. The molecule has 0 amide bonds. The number of nitrogens with zero attached hydrogens (tertiary/aromatic N) is 2. The summed E-state index contributed by atoms with van der Waals surface area (Å²) in [5.74, 6) is 0.603. The average Bonchev–Trinajstić information content (AvgIpc) is 3.34. The quantitative estimate of drug-likeness (QED) is 0.735. The number of nitrogens with two attached hydrogens (primary N) is 1. The van der Waals surface area contributed by atoms with Crippen molar-refractivity contribution in [2.24, 2.45) is 11.7 Å². The van der Waals surface area contributed by atoms with Gasteiger partial charge in [-0.15, -0.1) is 0 Å². The van der Waals surface area contributed by atoms with Gasteiger partial charge in [-0.25, -0.2) is 4.39 Å². The standard InChI is InChI=1S/C26H30FN3O2/c27-23-11-19(4-5-20(23)13-28)22-10-17(14-30-21-6-7-25(30)24(29)12-21)3-8-26(22)32-16-18-2-1-9-31-15-18/h3-5,8,10-11,18,21,24-25H,1-2,6-7,9,12,14-16,29H2/t18-,21-,24+,25+/m1/s1. The Morgan fingerprint density at radius 2 is 2.09 bits per heavy atom. The first-order valence-electron chi connectivity index (χ1n) is 11.7. The lowest BCUT2D eigenvalue weighted by Gasteiger charge is -2.24. The summed E-state index contributed by atoms with van der Waals surface area (Å²) in [5.41, 5.74) is 9.13. The lowest BCUT2D eigenvalue weighted by atomic mass is 9.96. The van der Waals surface area contributed by atoms with Gasteiger partial charge in [0.2, 0.25) is 0 Å². The number of rotatable bonds is 6. The van der Waals surface area contributed by atoms with Gasteiger partial charge in [0.25, 0.3) is 0 Å². The van der Waals surface area contributed by atoms with Crippen molar-refractivity contribution in [3.8, 4) is 22.9 Å². The molecule has 5 nitrogen and oxygen atoms in total. The summed E-state index contributed by atoms with van der Waals surface area (Å²) in [7, 11) is 0. The van der Waals surface area contributed by atoms with Crippen molar-refractivity contribution < 1.29 is 13.9 Å². The van der Waals surface area contributed by atoms with Gasteiger partial charge < -0.3 is 15.2 Å². The van der Waals surface area contributed by atoms with Gasteiger partial charge in [-0.3, -0.25) is 4.90 Å². The fourth-order valence-electron chi connectivity index (χ4n) is 5.55. The Morgan fingerprint density at radius 1 is 1.19 bits per heavy atom. The van der Waals surface area contributed by atoms with Crippen LogP contribution < -0.4 is 10.5 Å². The number of nitriles is 1. The van der Waals surface area contributed by atoms with Crippen LogP contribution >= 0.6 is 0 Å². The maximum atomic E-state index is 14.4. The zero-order valence-electron chi connectivity index (χ0n) is 18.3. The van der Waals surface area contributed by atoms with Gasteiger partial charge in [-0.05, 0) is 67.5 Å². The Bertz CT molecular complexity index is 1010. The second-order valence-electron chi connectivity index (χ2n) is 9.40. The van der Waals surface area contributed by atoms with Crippen LogP contribution in [-0.2, 0) is 11.3 Å². The minimum atomic E-state index is -0.509. The molecule has 3 heterocycles. The van der Waals surface area contributed by atoms with Crippen molar-refractivity contribution in [2.45, 2.75) is 56.8 Å². The van der Waals surface area contributed by atoms with Crippen LogP contribution in [0.5, 0.6) is 5.75 Å². The molecule has 2 N–H and O–H groups in total. The van der Waals surface area contributed by atoms with Crippen molar-refractivity contribution >= 4 is 0 Å². The van der Waals surface area contributed by atoms with Crippen molar-refractivity contribution in [1.82, 2.24) is 4.90 Å². The Labute approximate surface area is 188 Å². The van der Waals surface area contributed by atoms with E-state index in [-0.39, 0.29) is 11.6 Å². The van der Waals surface area contributed by atoms with Gasteiger partial charge >= 0.3 is 0 Å². The van der Waals surface area contributed by atoms with E-state index in [4.69, 9.17) is 20.5 Å². The first-order chi connectivity index (χ1) is 15.6. The van der Waals surface area contributed by atoms with Crippen LogP contribution in [0.1, 0.15) is 43.2 Å². The van der Waals surface area contributed by atoms with E-state index in [1.165, 1.54) is 30.5 Å². The molecule has 0 aliphatic carbocycles. The first kappa shape index (κ1) is 21.4. The van der Waals surface area contributed by atoms with E-state index in [2.05, 4.69) is 17.0 Å². The molecular weight excluding hydrogens is 405 g/mol. The molecule has 2 aromatic rings. The Kier molecular flexibility index (Phi) is 6.14. The van der Waals surface area contributed by atoms with Crippen molar-refractivity contribution in [2.75, 3.05) is 19.8 Å². The molecule has 5 rings (SSSR count). The van der Waals surface area contributed by atoms with Crippen LogP contribution in [0.3, 0.4) is 0 Å². The average molecular weight is 436 g/mol. The highest BCUT2D eigenvalue weighted by molar-refractivity contribution is 5.72. The molecule has 4 atom stereocenters. The summed E-state index contributed by atoms with van der Waals surface area (Å²) < 4.78 is 26.2. The van der Waals surface area contributed by atoms with Crippen molar-refractivity contribution in [3.63, 3.8) is 0 Å². The van der Waals surface area contributed by atoms with Crippen LogP contribution in [-0.4, -0.2) is 42.8 Å². The maximum absolute atomic E-state index is 14.4. The molecule has 0 spiro atoms. The van der Waals surface area contributed by atoms with Crippen LogP contribution in [0, 0.1) is 23.1 Å². The van der Waals surface area contributed by atoms with Gasteiger partial charge in [0, 0.05) is 42.8 Å². The van der Waals surface area contributed by atoms with Crippen molar-refractivity contribution in [3.05, 3.63) is 53.3 Å². The predicted molar refractivity (Wildman–Crippen MR) is 121 cm³/mol. The summed E-state index contributed by atoms with van der Waals surface area (Å²) in [6, 6.07) is 14.2. The molecule has 2 aromatic carbocycles. The van der Waals surface area contributed by atoms with Gasteiger partial charge in [0.15, 0.2) is 0 Å². The van der Waals surface area contributed by atoms with E-state index in [0.717, 1.165) is 55.9 Å². The van der Waals surface area contributed by atoms with Gasteiger partial charge in [0.05, 0.1) is 18.8 Å². The summed E-state index contributed by atoms with van der Waals surface area (Å²) in [6.07, 6.45) is 5.61. The zero-order valence-corrected chi connectivity index (χ0v) is 18.3. The Morgan fingerprint density at radius 3 is 2.78 bits per heavy atom. The molecule has 3 saturated heterocycles. The van der Waals surface area contributed by atoms with Crippen molar-refractivity contribution in [1.29, 1.82) is 5.26 Å². The maximum Gasteiger partial charge on any atom is 0.141 e. The van der Waals surface area contributed by atoms with Crippen LogP contribution in [0.2, 0.25) is 0 Å². The van der Waals surface area contributed by atoms with Crippen LogP contribution in [0.25, 0.3) is 11.1 Å². The molecular formula is C26H30FN3O2. The number of benzene rings is 2. The second-order valence-corrected chi connectivity index (χ2v) is 9.40. The summed E-state index contributed by atoms with van der Waals surface area (Å²) in [5, 5.41) is 9.10. The fourth-order valence-corrected chi connectivity index (χ4v) is 5.55. The molecule has 32 heavy (non-hydrogen) atoms. The minimum Gasteiger partial charge on any atom is -0.493 e. The molecule has 2 bridgehead atoms. The van der Waals surface area contributed by atoms with E-state index >= 15 is 0 Å². The molecule has 168 valence electrons. The highest BCUT2D eigenvalue weighted by Crippen LogP contribution is 2.39. The molecule has 3 aliphatic heterocycles. The Hall–Kier alpha value is -2.46. The van der Waals surface area contributed by atoms with E-state index in [0.29, 0.717) is 24.6 Å². The van der Waals surface area contributed by atoms with Crippen LogP contribution in [0.15, 0.2) is 36.4 Å². The van der Waals surface area contributed by atoms with E-state index in [9.17, 15) is 4.39 Å². The molecule has 0 saturated carbocycles. The number of hydrogen-bond acceptors (Lipinski definition) is 5. The molecule has 0 aromatic heterocycles. The number of halogens is 1. The number of fused-ring (bicyclic) bond motifs is 2. The molecule has 6 heteroatoms. The highest BCUT2D eigenvalue weighted by Gasteiger charge is 2.44. The normalized spacial score (nSPS) is 27.4. The number of hydrogen-bond donors (Lipinski definition) is 1. The van der Waals surface area contributed by atoms with E-state index in [1.54, 1.807) is 6.07 Å². The minimum absolute atomic E-state index is 0.0503. The lowest BCUT2D eigenvalue weighted by molar-refractivity contribution is 0.0353. The van der Waals surface area contributed by atoms with Gasteiger partial charge in [-0.1, -0.05) is 12.1 Å². The third-order valence-electron chi connectivity index (χ3n) is 7.27. The Balaban J connectivity index is 1.42. The smallest absolute Gasteiger partial charge is 0.141 e. The lowest BCUT2D eigenvalue weighted by Crippen LogP contribution is -2.36. The predicted octanol–water partition coefficient (Wildman–Crippen LogP) is 4.23. The third-order valence-corrected chi connectivity index (χ3v) is 7.27. The first-order valence-corrected chi connectivity index (χ1v) is 11.7. The van der Waals surface area contributed by atoms with E-state index in [1.807, 2.05) is 12.1 Å². The molecule has 0 unspecified atom stereocenters. The second kappa shape index (κ2) is 9.19. The van der Waals surface area contributed by atoms with E-state index < -0.39 is 5.82 Å². The summed E-state index contributed by atoms with van der Waals surface area (Å²) >= 11 is 0. The third kappa shape index (κ3) is 4.25. The van der Waals surface area contributed by atoms with Crippen LogP contribution in [0.4, 0.5) is 4.39 Å². The molecule has 3 aliphatic rings. The monoisotopic (exact) mass is 435 g/mol. The summed E-state index contributed by atoms with van der Waals surface area (Å²) in [4.78, 5) is 2.53. The largest absolute Gasteiger partial charge is 0.493 e. The summed E-state index contributed by atoms with van der Waals surface area (Å²) in [6.45, 7) is 2.96. The molecule has 3 fully saturated rings. The highest BCUT2D eigenvalue weighted by atomic mass is 19.1. The number of ether oxygens (including phenoxy) is 2. The molecule has 0 radical (unpaired) electrons. The van der Waals surface area contributed by atoms with Gasteiger partial charge in [-0.2, -0.15) is 5.26 Å². The topological polar surface area (TPSA) is 71.5 Å². The zero-order chi connectivity index (χ0) is 22.1. The fraction of sp³-hybridized carbons (Fsp3) is 0.500.